The van der Waals surface area contributed by atoms with Crippen LogP contribution >= 0.6 is 11.6 Å². The molecule has 1 aliphatic carbocycles. The quantitative estimate of drug-likeness (QED) is 0.662. The van der Waals surface area contributed by atoms with Gasteiger partial charge in [-0.1, -0.05) is 23.8 Å². The lowest BCUT2D eigenvalue weighted by molar-refractivity contribution is -0.111. The van der Waals surface area contributed by atoms with Crippen molar-refractivity contribution in [2.75, 3.05) is 7.05 Å². The minimum atomic E-state index is -0.0212. The number of allylic oxidation sites excluding steroid dienone is 10. The first-order valence-electron chi connectivity index (χ1n) is 5.25. The molecule has 0 amide bonds. The predicted octanol–water partition coefficient (Wildman–Crippen LogP) is 3.07. The number of halogens is 1. The monoisotopic (exact) mass is 245 g/mol. The van der Waals surface area contributed by atoms with E-state index in [0.29, 0.717) is 10.6 Å². The summed E-state index contributed by atoms with van der Waals surface area (Å²) in [7, 11) is 1.96. The minimum absolute atomic E-state index is 0.0212. The molecule has 2 nitrogen and oxygen atoms in total. The summed E-state index contributed by atoms with van der Waals surface area (Å²) in [6.07, 6.45) is 16.3. The van der Waals surface area contributed by atoms with E-state index in [0.717, 1.165) is 5.57 Å². The van der Waals surface area contributed by atoms with E-state index in [1.165, 1.54) is 6.08 Å². The Bertz CT molecular complexity index is 502. The Hall–Kier alpha value is -1.80. The third kappa shape index (κ3) is 3.08. The van der Waals surface area contributed by atoms with E-state index in [9.17, 15) is 4.79 Å². The highest BCUT2D eigenvalue weighted by molar-refractivity contribution is 6.33. The molecule has 2 rings (SSSR count). The molecule has 0 saturated carbocycles. The maximum atomic E-state index is 11.5. The summed E-state index contributed by atoms with van der Waals surface area (Å²) >= 11 is 5.84. The lowest BCUT2D eigenvalue weighted by atomic mass is 10.0. The lowest BCUT2D eigenvalue weighted by Crippen LogP contribution is -2.03. The summed E-state index contributed by atoms with van der Waals surface area (Å²) in [6, 6.07) is 0. The predicted molar refractivity (Wildman–Crippen MR) is 70.3 cm³/mol. The first-order chi connectivity index (χ1) is 8.15. The highest BCUT2D eigenvalue weighted by atomic mass is 35.5. The van der Waals surface area contributed by atoms with Gasteiger partial charge in [-0.15, -0.1) is 0 Å². The molecule has 0 spiro atoms. The van der Waals surface area contributed by atoms with Gasteiger partial charge in [-0.2, -0.15) is 0 Å². The van der Waals surface area contributed by atoms with Crippen LogP contribution in [0.1, 0.15) is 0 Å². The molecule has 0 fully saturated rings. The van der Waals surface area contributed by atoms with Crippen LogP contribution in [-0.2, 0) is 4.79 Å². The molecule has 1 aliphatic heterocycles. The zero-order valence-electron chi connectivity index (χ0n) is 9.43. The van der Waals surface area contributed by atoms with E-state index in [-0.39, 0.29) is 5.78 Å². The summed E-state index contributed by atoms with van der Waals surface area (Å²) in [6.45, 7) is 0. The van der Waals surface area contributed by atoms with Crippen LogP contribution in [-0.4, -0.2) is 17.7 Å². The molecule has 0 radical (unpaired) electrons. The van der Waals surface area contributed by atoms with Crippen LogP contribution in [0.2, 0.25) is 0 Å². The van der Waals surface area contributed by atoms with Gasteiger partial charge in [0.25, 0.3) is 0 Å². The van der Waals surface area contributed by atoms with Crippen LogP contribution in [0.15, 0.2) is 71.1 Å². The van der Waals surface area contributed by atoms with E-state index in [2.05, 4.69) is 0 Å². The van der Waals surface area contributed by atoms with Crippen LogP contribution in [0.3, 0.4) is 0 Å². The molecule has 1 heterocycles. The molecule has 3 heteroatoms. The number of ketones is 1. The molecule has 0 aromatic heterocycles. The summed E-state index contributed by atoms with van der Waals surface area (Å²) in [5.41, 5.74) is 1.65. The highest BCUT2D eigenvalue weighted by Crippen LogP contribution is 2.17. The van der Waals surface area contributed by atoms with Gasteiger partial charge in [0.05, 0.1) is 0 Å². The second-order valence-electron chi connectivity index (χ2n) is 3.81. The normalized spacial score (nSPS) is 21.2. The smallest absolute Gasteiger partial charge is 0.185 e. The van der Waals surface area contributed by atoms with Crippen molar-refractivity contribution < 1.29 is 4.79 Å². The molecule has 0 saturated heterocycles. The number of hydrogen-bond acceptors (Lipinski definition) is 2. The van der Waals surface area contributed by atoms with Crippen LogP contribution in [0.5, 0.6) is 0 Å². The van der Waals surface area contributed by atoms with Gasteiger partial charge < -0.3 is 4.90 Å². The molecule has 86 valence electrons. The fourth-order valence-corrected chi connectivity index (χ4v) is 1.64. The Morgan fingerprint density at radius 3 is 2.53 bits per heavy atom. The third-order valence-electron chi connectivity index (χ3n) is 2.43. The average Bonchev–Trinajstić information content (AvgIpc) is 2.32. The number of nitrogens with zero attached hydrogens (tertiary/aromatic N) is 1. The standard InChI is InChI=1S/C14H12ClNO/c1-16-8-6-11(7-9-16)2-3-12-10-13(15)4-5-14(12)17/h2-10H,1H3/b12-3+. The van der Waals surface area contributed by atoms with Crippen molar-refractivity contribution in [1.29, 1.82) is 0 Å². The summed E-state index contributed by atoms with van der Waals surface area (Å²) < 4.78 is 0. The summed E-state index contributed by atoms with van der Waals surface area (Å²) in [4.78, 5) is 13.5. The molecule has 0 aromatic carbocycles. The van der Waals surface area contributed by atoms with Gasteiger partial charge in [0, 0.05) is 30.1 Å². The molecule has 0 atom stereocenters. The van der Waals surface area contributed by atoms with Crippen molar-refractivity contribution in [1.82, 2.24) is 4.90 Å². The number of rotatable bonds is 1. The van der Waals surface area contributed by atoms with E-state index in [1.54, 1.807) is 18.2 Å². The molecule has 0 aromatic rings. The van der Waals surface area contributed by atoms with Gasteiger partial charge in [-0.05, 0) is 36.0 Å². The zero-order valence-corrected chi connectivity index (χ0v) is 10.2. The van der Waals surface area contributed by atoms with Gasteiger partial charge in [0.15, 0.2) is 5.78 Å². The van der Waals surface area contributed by atoms with Crippen LogP contribution in [0.4, 0.5) is 0 Å². The maximum absolute atomic E-state index is 11.5. The lowest BCUT2D eigenvalue weighted by Gasteiger charge is -2.11. The second kappa shape index (κ2) is 5.02. The molecular weight excluding hydrogens is 234 g/mol. The van der Waals surface area contributed by atoms with Gasteiger partial charge in [-0.3, -0.25) is 4.79 Å². The van der Waals surface area contributed by atoms with E-state index >= 15 is 0 Å². The first-order valence-corrected chi connectivity index (χ1v) is 5.63. The van der Waals surface area contributed by atoms with Crippen molar-refractivity contribution in [3.05, 3.63) is 71.1 Å². The number of carbonyl (C=O) groups is 1. The van der Waals surface area contributed by atoms with Crippen molar-refractivity contribution in [2.24, 2.45) is 0 Å². The molecule has 0 unspecified atom stereocenters. The molecular formula is C14H12ClNO. The molecule has 0 N–H and O–H groups in total. The molecule has 2 aliphatic rings. The molecule has 0 bridgehead atoms. The third-order valence-corrected chi connectivity index (χ3v) is 2.67. The SMILES string of the molecule is CN1C=CC(=C/C=C2\C=C(Cl)C=CC2=O)C=C1. The van der Waals surface area contributed by atoms with Gasteiger partial charge in [-0.25, -0.2) is 0 Å². The maximum Gasteiger partial charge on any atom is 0.185 e. The van der Waals surface area contributed by atoms with E-state index in [4.69, 9.17) is 11.6 Å². The summed E-state index contributed by atoms with van der Waals surface area (Å²) in [5.74, 6) is -0.0212. The minimum Gasteiger partial charge on any atom is -0.357 e. The van der Waals surface area contributed by atoms with Gasteiger partial charge in [0.1, 0.15) is 0 Å². The first kappa shape index (κ1) is 11.7. The van der Waals surface area contributed by atoms with Crippen molar-refractivity contribution >= 4 is 17.4 Å². The van der Waals surface area contributed by atoms with Crippen LogP contribution in [0, 0.1) is 0 Å². The second-order valence-corrected chi connectivity index (χ2v) is 4.25. The topological polar surface area (TPSA) is 20.3 Å². The largest absolute Gasteiger partial charge is 0.357 e. The van der Waals surface area contributed by atoms with Crippen molar-refractivity contribution in [3.8, 4) is 0 Å². The van der Waals surface area contributed by atoms with Crippen LogP contribution < -0.4 is 0 Å². The summed E-state index contributed by atoms with van der Waals surface area (Å²) in [5, 5.41) is 0.573. The van der Waals surface area contributed by atoms with Crippen molar-refractivity contribution in [3.63, 3.8) is 0 Å². The van der Waals surface area contributed by atoms with E-state index in [1.807, 2.05) is 42.6 Å². The number of hydrogen-bond donors (Lipinski definition) is 0. The molecule has 17 heavy (non-hydrogen) atoms. The average molecular weight is 246 g/mol. The Labute approximate surface area is 106 Å². The Balaban J connectivity index is 2.19. The fourth-order valence-electron chi connectivity index (χ4n) is 1.46. The Morgan fingerprint density at radius 1 is 1.12 bits per heavy atom. The van der Waals surface area contributed by atoms with Gasteiger partial charge >= 0.3 is 0 Å². The van der Waals surface area contributed by atoms with E-state index < -0.39 is 0 Å². The fraction of sp³-hybridized carbons (Fsp3) is 0.0714. The zero-order chi connectivity index (χ0) is 12.3. The Morgan fingerprint density at radius 2 is 1.82 bits per heavy atom. The van der Waals surface area contributed by atoms with Gasteiger partial charge in [0.2, 0.25) is 0 Å². The van der Waals surface area contributed by atoms with Crippen LogP contribution in [0.25, 0.3) is 0 Å². The highest BCUT2D eigenvalue weighted by Gasteiger charge is 2.07. The number of carbonyl (C=O) groups excluding carboxylic acids is 1. The van der Waals surface area contributed by atoms with Crippen molar-refractivity contribution in [2.45, 2.75) is 0 Å². The Kier molecular flexibility index (Phi) is 3.45.